The monoisotopic (exact) mass is 432 g/mol. The Kier molecular flexibility index (Phi) is 5.37. The molecular formula is C21H16F4N4O2. The van der Waals surface area contributed by atoms with Gasteiger partial charge in [-0.05, 0) is 42.8 Å². The highest BCUT2D eigenvalue weighted by Gasteiger charge is 2.16. The van der Waals surface area contributed by atoms with Crippen LogP contribution in [0.1, 0.15) is 27.4 Å². The number of amides is 2. The minimum Gasteiger partial charge on any atom is -0.351 e. The molecule has 0 saturated heterocycles. The molecule has 31 heavy (non-hydrogen) atoms. The van der Waals surface area contributed by atoms with Crippen LogP contribution in [0.15, 0.2) is 36.4 Å². The van der Waals surface area contributed by atoms with Crippen molar-refractivity contribution in [1.29, 1.82) is 0 Å². The van der Waals surface area contributed by atoms with Crippen LogP contribution in [0.25, 0.3) is 21.8 Å². The van der Waals surface area contributed by atoms with E-state index in [2.05, 4.69) is 20.6 Å². The first-order chi connectivity index (χ1) is 14.8. The van der Waals surface area contributed by atoms with Crippen molar-refractivity contribution >= 4 is 33.6 Å². The van der Waals surface area contributed by atoms with E-state index in [0.717, 1.165) is 24.3 Å². The molecule has 2 amide bonds. The van der Waals surface area contributed by atoms with Gasteiger partial charge in [0.05, 0.1) is 11.0 Å². The van der Waals surface area contributed by atoms with Crippen LogP contribution in [0.4, 0.5) is 17.6 Å². The second-order valence-electron chi connectivity index (χ2n) is 6.87. The summed E-state index contributed by atoms with van der Waals surface area (Å²) < 4.78 is 54.9. The van der Waals surface area contributed by atoms with Crippen LogP contribution >= 0.6 is 0 Å². The van der Waals surface area contributed by atoms with E-state index in [0.29, 0.717) is 6.42 Å². The molecule has 4 rings (SSSR count). The van der Waals surface area contributed by atoms with Gasteiger partial charge in [-0.25, -0.2) is 17.6 Å². The topological polar surface area (TPSA) is 89.8 Å². The second kappa shape index (κ2) is 8.13. The number of carbonyl (C=O) groups excluding carboxylic acids is 2. The summed E-state index contributed by atoms with van der Waals surface area (Å²) in [5, 5.41) is 5.10. The van der Waals surface area contributed by atoms with E-state index < -0.39 is 35.1 Å². The Hall–Kier alpha value is -3.82. The first-order valence-electron chi connectivity index (χ1n) is 9.35. The smallest absolute Gasteiger partial charge is 0.267 e. The van der Waals surface area contributed by atoms with E-state index in [1.807, 2.05) is 0 Å². The molecule has 0 aliphatic rings. The predicted octanol–water partition coefficient (Wildman–Crippen LogP) is 3.76. The molecule has 2 heterocycles. The third-order valence-electron chi connectivity index (χ3n) is 4.79. The minimum absolute atomic E-state index is 0.00478. The standard InChI is InChI=1S/C21H16F4N4O2/c22-12-2-4-14(24)18-10(12)8-16(28-18)20(30)26-6-1-7-27-21(31)17-9-11-13(23)3-5-15(25)19(11)29-17/h2-5,8-9,28-29H,1,6-7H2,(H,26,30)(H,27,31). The molecule has 0 radical (unpaired) electrons. The third kappa shape index (κ3) is 3.96. The average molecular weight is 432 g/mol. The van der Waals surface area contributed by atoms with Gasteiger partial charge in [-0.2, -0.15) is 0 Å². The summed E-state index contributed by atoms with van der Waals surface area (Å²) in [6.07, 6.45) is 0.351. The molecule has 6 nitrogen and oxygen atoms in total. The zero-order chi connectivity index (χ0) is 22.1. The number of halogens is 4. The van der Waals surface area contributed by atoms with Gasteiger partial charge in [0, 0.05) is 23.9 Å². The molecule has 10 heteroatoms. The Balaban J connectivity index is 1.29. The molecule has 0 spiro atoms. The van der Waals surface area contributed by atoms with Crippen molar-refractivity contribution in [3.05, 3.63) is 71.1 Å². The van der Waals surface area contributed by atoms with Gasteiger partial charge in [0.25, 0.3) is 11.8 Å². The lowest BCUT2D eigenvalue weighted by Gasteiger charge is -2.05. The Labute approximate surface area is 172 Å². The quantitative estimate of drug-likeness (QED) is 0.276. The first kappa shape index (κ1) is 20.5. The van der Waals surface area contributed by atoms with Crippen molar-refractivity contribution in [2.45, 2.75) is 6.42 Å². The van der Waals surface area contributed by atoms with Crippen LogP contribution in [-0.4, -0.2) is 34.9 Å². The van der Waals surface area contributed by atoms with Gasteiger partial charge in [-0.3, -0.25) is 9.59 Å². The summed E-state index contributed by atoms with van der Waals surface area (Å²) in [4.78, 5) is 29.4. The van der Waals surface area contributed by atoms with Crippen molar-refractivity contribution in [3.8, 4) is 0 Å². The molecule has 0 fully saturated rings. The first-order valence-corrected chi connectivity index (χ1v) is 9.35. The maximum absolute atomic E-state index is 13.7. The SMILES string of the molecule is O=C(NCCCNC(=O)c1cc2c(F)ccc(F)c2[nH]1)c1cc2c(F)ccc(F)c2[nH]1. The summed E-state index contributed by atoms with van der Waals surface area (Å²) >= 11 is 0. The molecule has 2 aromatic heterocycles. The Morgan fingerprint density at radius 3 is 1.45 bits per heavy atom. The molecule has 0 atom stereocenters. The number of aromatic amines is 2. The molecule has 0 saturated carbocycles. The van der Waals surface area contributed by atoms with Gasteiger partial charge in [0.1, 0.15) is 34.7 Å². The van der Waals surface area contributed by atoms with Gasteiger partial charge >= 0.3 is 0 Å². The zero-order valence-electron chi connectivity index (χ0n) is 15.9. The van der Waals surface area contributed by atoms with Crippen molar-refractivity contribution in [1.82, 2.24) is 20.6 Å². The molecule has 0 aliphatic heterocycles. The van der Waals surface area contributed by atoms with Crippen LogP contribution in [-0.2, 0) is 0 Å². The lowest BCUT2D eigenvalue weighted by atomic mass is 10.2. The highest BCUT2D eigenvalue weighted by molar-refractivity contribution is 5.99. The number of nitrogens with one attached hydrogen (secondary N) is 4. The largest absolute Gasteiger partial charge is 0.351 e. The Morgan fingerprint density at radius 1 is 0.677 bits per heavy atom. The van der Waals surface area contributed by atoms with Crippen LogP contribution in [0.3, 0.4) is 0 Å². The summed E-state index contributed by atoms with van der Waals surface area (Å²) in [5.74, 6) is -3.74. The number of rotatable bonds is 6. The van der Waals surface area contributed by atoms with Gasteiger partial charge in [-0.15, -0.1) is 0 Å². The zero-order valence-corrected chi connectivity index (χ0v) is 15.9. The fraction of sp³-hybridized carbons (Fsp3) is 0.143. The number of carbonyl (C=O) groups is 2. The molecule has 0 unspecified atom stereocenters. The molecule has 2 aromatic carbocycles. The van der Waals surface area contributed by atoms with Crippen molar-refractivity contribution in [3.63, 3.8) is 0 Å². The maximum Gasteiger partial charge on any atom is 0.267 e. The van der Waals surface area contributed by atoms with E-state index in [1.54, 1.807) is 0 Å². The van der Waals surface area contributed by atoms with E-state index in [4.69, 9.17) is 0 Å². The van der Waals surface area contributed by atoms with Gasteiger partial charge in [0.15, 0.2) is 0 Å². The second-order valence-corrected chi connectivity index (χ2v) is 6.87. The van der Waals surface area contributed by atoms with Crippen LogP contribution in [0.5, 0.6) is 0 Å². The van der Waals surface area contributed by atoms with Crippen LogP contribution in [0, 0.1) is 23.3 Å². The normalized spacial score (nSPS) is 11.2. The van der Waals surface area contributed by atoms with Crippen LogP contribution in [0.2, 0.25) is 0 Å². The fourth-order valence-electron chi connectivity index (χ4n) is 3.23. The van der Waals surface area contributed by atoms with E-state index >= 15 is 0 Å². The van der Waals surface area contributed by atoms with Gasteiger partial charge in [-0.1, -0.05) is 0 Å². The van der Waals surface area contributed by atoms with Crippen molar-refractivity contribution in [2.24, 2.45) is 0 Å². The van der Waals surface area contributed by atoms with E-state index in [9.17, 15) is 27.2 Å². The number of benzene rings is 2. The number of H-pyrrole nitrogens is 2. The van der Waals surface area contributed by atoms with Crippen molar-refractivity contribution < 1.29 is 27.2 Å². The maximum atomic E-state index is 13.7. The average Bonchev–Trinajstić information content (AvgIpc) is 3.40. The van der Waals surface area contributed by atoms with Crippen LogP contribution < -0.4 is 10.6 Å². The number of aromatic nitrogens is 2. The van der Waals surface area contributed by atoms with Gasteiger partial charge in [0.2, 0.25) is 0 Å². The molecular weight excluding hydrogens is 416 g/mol. The molecule has 4 aromatic rings. The van der Waals surface area contributed by atoms with Gasteiger partial charge < -0.3 is 20.6 Å². The summed E-state index contributed by atoms with van der Waals surface area (Å²) in [7, 11) is 0. The predicted molar refractivity (Wildman–Crippen MR) is 106 cm³/mol. The third-order valence-corrected chi connectivity index (χ3v) is 4.79. The van der Waals surface area contributed by atoms with E-state index in [-0.39, 0.29) is 46.3 Å². The number of fused-ring (bicyclic) bond motifs is 2. The van der Waals surface area contributed by atoms with Crippen molar-refractivity contribution in [2.75, 3.05) is 13.1 Å². The molecule has 0 bridgehead atoms. The lowest BCUT2D eigenvalue weighted by Crippen LogP contribution is -2.30. The molecule has 0 aliphatic carbocycles. The highest BCUT2D eigenvalue weighted by atomic mass is 19.1. The Bertz CT molecular complexity index is 1130. The molecule has 4 N–H and O–H groups in total. The molecule has 160 valence electrons. The fourth-order valence-corrected chi connectivity index (χ4v) is 3.23. The highest BCUT2D eigenvalue weighted by Crippen LogP contribution is 2.22. The number of hydrogen-bond acceptors (Lipinski definition) is 2. The Morgan fingerprint density at radius 2 is 1.06 bits per heavy atom. The lowest BCUT2D eigenvalue weighted by molar-refractivity contribution is 0.0947. The summed E-state index contributed by atoms with van der Waals surface area (Å²) in [6.45, 7) is 0.352. The number of hydrogen-bond donors (Lipinski definition) is 4. The summed E-state index contributed by atoms with van der Waals surface area (Å²) in [6, 6.07) is 6.33. The minimum atomic E-state index is -0.671. The van der Waals surface area contributed by atoms with E-state index in [1.165, 1.54) is 12.1 Å². The summed E-state index contributed by atoms with van der Waals surface area (Å²) in [5.41, 5.74) is -0.178.